The van der Waals surface area contributed by atoms with E-state index in [2.05, 4.69) is 56.5 Å². The Hall–Kier alpha value is -1.76. The Bertz CT molecular complexity index is 731. The van der Waals surface area contributed by atoms with Crippen LogP contribution in [0.3, 0.4) is 0 Å². The van der Waals surface area contributed by atoms with Gasteiger partial charge in [0.15, 0.2) is 11.5 Å². The van der Waals surface area contributed by atoms with Gasteiger partial charge in [0.2, 0.25) is 5.75 Å². The Morgan fingerprint density at radius 1 is 0.885 bits per heavy atom. The lowest BCUT2D eigenvalue weighted by atomic mass is 9.95. The molecule has 140 valence electrons. The van der Waals surface area contributed by atoms with E-state index in [9.17, 15) is 0 Å². The summed E-state index contributed by atoms with van der Waals surface area (Å²) in [6.07, 6.45) is 0. The number of benzene rings is 2. The lowest BCUT2D eigenvalue weighted by molar-refractivity contribution is 0.194. The van der Waals surface area contributed by atoms with Crippen LogP contribution in [0.4, 0.5) is 0 Å². The van der Waals surface area contributed by atoms with Crippen LogP contribution in [0.2, 0.25) is 0 Å². The summed E-state index contributed by atoms with van der Waals surface area (Å²) in [7, 11) is 4.96. The largest absolute Gasteiger partial charge is 0.493 e. The molecule has 1 saturated heterocycles. The SMILES string of the molecule is COc1ccc(C(c2ccc(Br)cc2)N2CCNCC2)c(OC)c1OC. The highest BCUT2D eigenvalue weighted by atomic mass is 79.9. The summed E-state index contributed by atoms with van der Waals surface area (Å²) in [6.45, 7) is 3.89. The fraction of sp³-hybridized carbons (Fsp3) is 0.400. The first-order valence-corrected chi connectivity index (χ1v) is 9.48. The van der Waals surface area contributed by atoms with Crippen LogP contribution in [0.15, 0.2) is 40.9 Å². The molecule has 0 spiro atoms. The van der Waals surface area contributed by atoms with Crippen LogP contribution in [-0.2, 0) is 0 Å². The fourth-order valence-electron chi connectivity index (χ4n) is 3.51. The summed E-state index contributed by atoms with van der Waals surface area (Å²) in [6, 6.07) is 12.6. The van der Waals surface area contributed by atoms with Crippen LogP contribution in [0.25, 0.3) is 0 Å². The van der Waals surface area contributed by atoms with Crippen LogP contribution in [0.5, 0.6) is 17.2 Å². The summed E-state index contributed by atoms with van der Waals surface area (Å²) in [4.78, 5) is 2.48. The summed E-state index contributed by atoms with van der Waals surface area (Å²) in [5.41, 5.74) is 2.30. The Morgan fingerprint density at radius 3 is 2.12 bits per heavy atom. The molecule has 3 rings (SSSR count). The molecule has 1 atom stereocenters. The number of hydrogen-bond donors (Lipinski definition) is 1. The van der Waals surface area contributed by atoms with Gasteiger partial charge < -0.3 is 19.5 Å². The van der Waals surface area contributed by atoms with E-state index >= 15 is 0 Å². The third-order valence-electron chi connectivity index (χ3n) is 4.73. The molecule has 1 fully saturated rings. The number of hydrogen-bond acceptors (Lipinski definition) is 5. The molecule has 0 bridgehead atoms. The molecule has 0 aromatic heterocycles. The fourth-order valence-corrected chi connectivity index (χ4v) is 3.78. The summed E-state index contributed by atoms with van der Waals surface area (Å²) < 4.78 is 17.9. The summed E-state index contributed by atoms with van der Waals surface area (Å²) in [5, 5.41) is 3.43. The topological polar surface area (TPSA) is 43.0 Å². The van der Waals surface area contributed by atoms with Gasteiger partial charge in [-0.3, -0.25) is 4.90 Å². The second-order valence-corrected chi connectivity index (χ2v) is 7.08. The molecule has 1 aliphatic rings. The average molecular weight is 421 g/mol. The van der Waals surface area contributed by atoms with Crippen molar-refractivity contribution < 1.29 is 14.2 Å². The van der Waals surface area contributed by atoms with Gasteiger partial charge >= 0.3 is 0 Å². The van der Waals surface area contributed by atoms with E-state index in [1.165, 1.54) is 5.56 Å². The van der Waals surface area contributed by atoms with Gasteiger partial charge in [-0.1, -0.05) is 28.1 Å². The molecule has 0 amide bonds. The second-order valence-electron chi connectivity index (χ2n) is 6.16. The molecule has 0 radical (unpaired) electrons. The van der Waals surface area contributed by atoms with Gasteiger partial charge in [0.1, 0.15) is 0 Å². The zero-order valence-corrected chi connectivity index (χ0v) is 17.0. The lowest BCUT2D eigenvalue weighted by Gasteiger charge is -2.36. The van der Waals surface area contributed by atoms with E-state index in [1.54, 1.807) is 21.3 Å². The molecule has 1 heterocycles. The van der Waals surface area contributed by atoms with E-state index in [1.807, 2.05) is 6.07 Å². The second kappa shape index (κ2) is 8.75. The molecular weight excluding hydrogens is 396 g/mol. The van der Waals surface area contributed by atoms with Crippen LogP contribution >= 0.6 is 15.9 Å². The first-order valence-electron chi connectivity index (χ1n) is 8.68. The third-order valence-corrected chi connectivity index (χ3v) is 5.26. The first-order chi connectivity index (χ1) is 12.7. The maximum atomic E-state index is 5.77. The van der Waals surface area contributed by atoms with Crippen LogP contribution in [-0.4, -0.2) is 52.4 Å². The molecular formula is C20H25BrN2O3. The molecule has 1 aliphatic heterocycles. The van der Waals surface area contributed by atoms with Gasteiger partial charge in [-0.05, 0) is 29.8 Å². The van der Waals surface area contributed by atoms with Crippen molar-refractivity contribution in [3.05, 3.63) is 52.0 Å². The van der Waals surface area contributed by atoms with Crippen LogP contribution in [0.1, 0.15) is 17.2 Å². The van der Waals surface area contributed by atoms with Crippen molar-refractivity contribution in [3.8, 4) is 17.2 Å². The smallest absolute Gasteiger partial charge is 0.203 e. The quantitative estimate of drug-likeness (QED) is 0.774. The van der Waals surface area contributed by atoms with Crippen LogP contribution < -0.4 is 19.5 Å². The highest BCUT2D eigenvalue weighted by molar-refractivity contribution is 9.10. The van der Waals surface area contributed by atoms with Gasteiger partial charge in [0.25, 0.3) is 0 Å². The number of rotatable bonds is 6. The minimum Gasteiger partial charge on any atom is -0.493 e. The van der Waals surface area contributed by atoms with E-state index in [4.69, 9.17) is 14.2 Å². The van der Waals surface area contributed by atoms with Crippen molar-refractivity contribution in [1.29, 1.82) is 0 Å². The molecule has 5 nitrogen and oxygen atoms in total. The first kappa shape index (κ1) is 19.0. The van der Waals surface area contributed by atoms with Crippen LogP contribution in [0, 0.1) is 0 Å². The maximum Gasteiger partial charge on any atom is 0.203 e. The molecule has 26 heavy (non-hydrogen) atoms. The standard InChI is InChI=1S/C20H25BrN2O3/c1-24-17-9-8-16(19(25-2)20(17)26-3)18(23-12-10-22-11-13-23)14-4-6-15(21)7-5-14/h4-9,18,22H,10-13H2,1-3H3. The van der Waals surface area contributed by atoms with Gasteiger partial charge in [0.05, 0.1) is 27.4 Å². The number of methoxy groups -OCH3 is 3. The Labute approximate surface area is 163 Å². The predicted molar refractivity (Wildman–Crippen MR) is 107 cm³/mol. The van der Waals surface area contributed by atoms with Gasteiger partial charge in [-0.25, -0.2) is 0 Å². The molecule has 1 N–H and O–H groups in total. The van der Waals surface area contributed by atoms with Gasteiger partial charge in [0, 0.05) is 36.2 Å². The normalized spacial score (nSPS) is 16.2. The zero-order valence-electron chi connectivity index (χ0n) is 15.4. The molecule has 0 saturated carbocycles. The number of halogens is 1. The maximum absolute atomic E-state index is 5.77. The van der Waals surface area contributed by atoms with Crippen molar-refractivity contribution in [1.82, 2.24) is 10.2 Å². The third kappa shape index (κ3) is 3.82. The predicted octanol–water partition coefficient (Wildman–Crippen LogP) is 3.47. The summed E-state index contributed by atoms with van der Waals surface area (Å²) in [5.74, 6) is 2.02. The van der Waals surface area contributed by atoms with E-state index < -0.39 is 0 Å². The molecule has 2 aromatic carbocycles. The van der Waals surface area contributed by atoms with Crippen molar-refractivity contribution >= 4 is 15.9 Å². The van der Waals surface area contributed by atoms with Crippen molar-refractivity contribution in [2.75, 3.05) is 47.5 Å². The highest BCUT2D eigenvalue weighted by Crippen LogP contribution is 2.45. The monoisotopic (exact) mass is 420 g/mol. The lowest BCUT2D eigenvalue weighted by Crippen LogP contribution is -2.45. The van der Waals surface area contributed by atoms with Gasteiger partial charge in [-0.2, -0.15) is 0 Å². The summed E-state index contributed by atoms with van der Waals surface area (Å²) >= 11 is 3.53. The van der Waals surface area contributed by atoms with E-state index in [0.717, 1.165) is 42.0 Å². The molecule has 0 aliphatic carbocycles. The van der Waals surface area contributed by atoms with Crippen molar-refractivity contribution in [3.63, 3.8) is 0 Å². The molecule has 6 heteroatoms. The Morgan fingerprint density at radius 2 is 1.54 bits per heavy atom. The number of ether oxygens (including phenoxy) is 3. The Kier molecular flexibility index (Phi) is 6.40. The van der Waals surface area contributed by atoms with Gasteiger partial charge in [-0.15, -0.1) is 0 Å². The van der Waals surface area contributed by atoms with Crippen molar-refractivity contribution in [2.24, 2.45) is 0 Å². The van der Waals surface area contributed by atoms with E-state index in [0.29, 0.717) is 11.5 Å². The number of nitrogens with zero attached hydrogens (tertiary/aromatic N) is 1. The minimum atomic E-state index is 0.0833. The number of piperazine rings is 1. The molecule has 1 unspecified atom stereocenters. The zero-order chi connectivity index (χ0) is 18.5. The average Bonchev–Trinajstić information content (AvgIpc) is 2.69. The van der Waals surface area contributed by atoms with Crippen molar-refractivity contribution in [2.45, 2.75) is 6.04 Å². The minimum absolute atomic E-state index is 0.0833. The highest BCUT2D eigenvalue weighted by Gasteiger charge is 2.29. The van der Waals surface area contributed by atoms with E-state index in [-0.39, 0.29) is 6.04 Å². The number of nitrogens with one attached hydrogen (secondary N) is 1. The Balaban J connectivity index is 2.13. The molecule has 2 aromatic rings.